The van der Waals surface area contributed by atoms with E-state index in [0.717, 1.165) is 27.9 Å². The first-order valence-electron chi connectivity index (χ1n) is 14.7. The molecule has 0 aliphatic heterocycles. The minimum Gasteiger partial charge on any atom is -0.496 e. The summed E-state index contributed by atoms with van der Waals surface area (Å²) >= 11 is 0. The Morgan fingerprint density at radius 1 is 0.396 bits per heavy atom. The second-order valence-electron chi connectivity index (χ2n) is 8.30. The van der Waals surface area contributed by atoms with Crippen LogP contribution in [0.5, 0.6) is 5.75 Å². The summed E-state index contributed by atoms with van der Waals surface area (Å²) < 4.78 is 5.39. The van der Waals surface area contributed by atoms with E-state index < -0.39 is 0 Å². The number of hydrogen-bond donors (Lipinski definition) is 1. The van der Waals surface area contributed by atoms with Crippen LogP contribution in [0.2, 0.25) is 0 Å². The van der Waals surface area contributed by atoms with Crippen molar-refractivity contribution >= 4 is 11.0 Å². The molecule has 0 amide bonds. The Labute approximate surface area is 312 Å². The highest BCUT2D eigenvalue weighted by molar-refractivity contribution is 5.93. The van der Waals surface area contributed by atoms with E-state index in [2.05, 4.69) is 217 Å². The maximum atomic E-state index is 5.39. The summed E-state index contributed by atoms with van der Waals surface area (Å²) in [5, 5.41) is 0. The summed E-state index contributed by atoms with van der Waals surface area (Å²) in [4.78, 5) is 7.47. The lowest BCUT2D eigenvalue weighted by Gasteiger charge is -2.08. The summed E-state index contributed by atoms with van der Waals surface area (Å²) in [7, 11) is 1.68. The van der Waals surface area contributed by atoms with Gasteiger partial charge >= 0.3 is 0 Å². The van der Waals surface area contributed by atoms with Crippen LogP contribution in [0, 0.1) is 201 Å². The molecule has 53 heavy (non-hydrogen) atoms. The number of fused-ring (bicyclic) bond motifs is 1. The molecule has 3 aromatic rings. The number of methoxy groups -OCH3 is 1. The molecule has 0 fully saturated rings. The van der Waals surface area contributed by atoms with Gasteiger partial charge in [-0.3, -0.25) is 0 Å². The number of aromatic amines is 1. The smallest absolute Gasteiger partial charge is 0.126 e. The molecule has 1 N–H and O–H groups in total. The minimum atomic E-state index is 0.864. The van der Waals surface area contributed by atoms with E-state index in [0.29, 0.717) is 0 Å². The molecule has 1 aromatic heterocycles. The van der Waals surface area contributed by atoms with Crippen molar-refractivity contribution in [1.82, 2.24) is 9.97 Å². The molecule has 2 aromatic carbocycles. The normalized spacial score (nSPS) is 6.09. The molecule has 3 rings (SSSR count). The van der Waals surface area contributed by atoms with E-state index in [-0.39, 0.29) is 0 Å². The van der Waals surface area contributed by atoms with Crippen LogP contribution < -0.4 is 4.74 Å². The molecule has 0 bridgehead atoms. The Kier molecular flexibility index (Phi) is 21.2. The van der Waals surface area contributed by atoms with Crippen molar-refractivity contribution in [1.29, 1.82) is 0 Å². The van der Waals surface area contributed by atoms with Crippen LogP contribution in [-0.4, -0.2) is 17.1 Å². The van der Waals surface area contributed by atoms with Gasteiger partial charge in [-0.2, -0.15) is 0 Å². The zero-order valence-electron chi connectivity index (χ0n) is 28.5. The van der Waals surface area contributed by atoms with Gasteiger partial charge in [0.25, 0.3) is 0 Å². The number of nitrogens with zero attached hydrogens (tertiary/aromatic N) is 1. The van der Waals surface area contributed by atoms with Gasteiger partial charge in [0, 0.05) is 106 Å². The van der Waals surface area contributed by atoms with Crippen LogP contribution >= 0.6 is 0 Å². The van der Waals surface area contributed by atoms with Crippen LogP contribution in [0.25, 0.3) is 22.2 Å². The highest BCUT2D eigenvalue weighted by atomic mass is 16.5. The molecular formula is C50H18N2O. The van der Waals surface area contributed by atoms with E-state index in [9.17, 15) is 0 Å². The number of para-hydroxylation sites is 2. The lowest BCUT2D eigenvalue weighted by atomic mass is 10.0. The summed E-state index contributed by atoms with van der Waals surface area (Å²) in [5.74, 6) is 86.5. The Balaban J connectivity index is 0.000000466. The van der Waals surface area contributed by atoms with Gasteiger partial charge in [0.1, 0.15) is 5.75 Å². The maximum absolute atomic E-state index is 5.39. The molecule has 0 unspecified atom stereocenters. The van der Waals surface area contributed by atoms with E-state index >= 15 is 0 Å². The predicted octanol–water partition coefficient (Wildman–Crippen LogP) is 4.32. The van der Waals surface area contributed by atoms with Gasteiger partial charge in [0.15, 0.2) is 0 Å². The third-order valence-corrected chi connectivity index (χ3v) is 5.03. The average Bonchev–Trinajstić information content (AvgIpc) is 3.68. The number of nitrogens with one attached hydrogen (secondary N) is 1. The first kappa shape index (κ1) is 39.4. The van der Waals surface area contributed by atoms with Crippen LogP contribution in [0.4, 0.5) is 0 Å². The van der Waals surface area contributed by atoms with E-state index in [1.807, 2.05) is 36.4 Å². The molecule has 0 saturated carbocycles. The molecular weight excluding hydrogens is 645 g/mol. The van der Waals surface area contributed by atoms with Gasteiger partial charge in [-0.1, -0.05) is 42.2 Å². The average molecular weight is 663 g/mol. The van der Waals surface area contributed by atoms with Crippen molar-refractivity contribution in [3.05, 3.63) is 48.8 Å². The van der Waals surface area contributed by atoms with Crippen molar-refractivity contribution in [2.24, 2.45) is 0 Å². The third-order valence-electron chi connectivity index (χ3n) is 5.03. The van der Waals surface area contributed by atoms with Crippen molar-refractivity contribution in [3.63, 3.8) is 0 Å². The molecule has 234 valence electrons. The fourth-order valence-corrected chi connectivity index (χ4v) is 3.11. The fourth-order valence-electron chi connectivity index (χ4n) is 3.11. The fraction of sp³-hybridized carbons (Fsp3) is 0.0600. The largest absolute Gasteiger partial charge is 0.496 e. The predicted molar refractivity (Wildman–Crippen MR) is 212 cm³/mol. The Morgan fingerprint density at radius 3 is 1.06 bits per heavy atom. The maximum Gasteiger partial charge on any atom is 0.126 e. The number of ether oxygens (including phenoxy) is 1. The first-order valence-corrected chi connectivity index (χ1v) is 14.7. The highest BCUT2D eigenvalue weighted by Gasteiger charge is 2.09. The van der Waals surface area contributed by atoms with Crippen molar-refractivity contribution in [3.8, 4) is 218 Å². The molecule has 0 saturated heterocycles. The van der Waals surface area contributed by atoms with Crippen LogP contribution in [0.3, 0.4) is 0 Å². The summed E-state index contributed by atoms with van der Waals surface area (Å²) in [6.07, 6.45) is 1.71. The summed E-state index contributed by atoms with van der Waals surface area (Å²) in [6.45, 7) is 3.38. The topological polar surface area (TPSA) is 37.9 Å². The van der Waals surface area contributed by atoms with E-state index in [1.165, 1.54) is 0 Å². The molecule has 1 heterocycles. The Bertz CT molecular complexity index is 2850. The van der Waals surface area contributed by atoms with Crippen LogP contribution in [0.1, 0.15) is 13.8 Å². The van der Waals surface area contributed by atoms with Gasteiger partial charge in [0.05, 0.1) is 24.5 Å². The summed E-state index contributed by atoms with van der Waals surface area (Å²) in [6, 6.07) is 14.1. The van der Waals surface area contributed by atoms with Crippen LogP contribution in [0.15, 0.2) is 48.8 Å². The lowest BCUT2D eigenvalue weighted by molar-refractivity contribution is 0.416. The Morgan fingerprint density at radius 2 is 0.717 bits per heavy atom. The molecule has 0 aliphatic carbocycles. The third kappa shape index (κ3) is 18.8. The minimum absolute atomic E-state index is 0.864. The second-order valence-corrected chi connectivity index (χ2v) is 8.30. The molecule has 3 heteroatoms. The van der Waals surface area contributed by atoms with Gasteiger partial charge in [0.2, 0.25) is 0 Å². The molecule has 0 spiro atoms. The SMILES string of the molecule is CC#CC#CC#CC#CC#CC#CC#CC#CC#CC#CC#CC#CC#CC#CC#CC#CC#CC.COc1ccccc1-c1cccc2[nH]cnc12. The number of aromatic nitrogens is 2. The van der Waals surface area contributed by atoms with Gasteiger partial charge < -0.3 is 9.72 Å². The van der Waals surface area contributed by atoms with Gasteiger partial charge in [-0.05, 0) is 121 Å². The molecule has 0 radical (unpaired) electrons. The van der Waals surface area contributed by atoms with Gasteiger partial charge in [-0.25, -0.2) is 4.98 Å². The number of benzene rings is 2. The lowest BCUT2D eigenvalue weighted by Crippen LogP contribution is -1.88. The highest BCUT2D eigenvalue weighted by Crippen LogP contribution is 2.33. The Hall–Kier alpha value is -9.77. The van der Waals surface area contributed by atoms with Crippen molar-refractivity contribution in [2.75, 3.05) is 7.11 Å². The monoisotopic (exact) mass is 662 g/mol. The number of hydrogen-bond acceptors (Lipinski definition) is 2. The molecule has 0 aliphatic rings. The zero-order valence-corrected chi connectivity index (χ0v) is 28.5. The number of imidazole rings is 1. The standard InChI is InChI=1S/C36H6.C14H12N2O/c1-3-5-7-9-11-13-15-17-19-21-23-25-27-29-31-33-35-36-34-32-30-28-26-24-22-20-18-16-14-12-10-8-6-4-2;1-17-13-8-3-2-5-10(13)11-6-4-7-12-14(11)16-9-15-12/h1-2H3;2-9H,1H3,(H,15,16). The van der Waals surface area contributed by atoms with Crippen molar-refractivity contribution in [2.45, 2.75) is 13.8 Å². The molecule has 0 atom stereocenters. The quantitative estimate of drug-likeness (QED) is 0.416. The zero-order chi connectivity index (χ0) is 37.7. The summed E-state index contributed by atoms with van der Waals surface area (Å²) in [5.41, 5.74) is 4.15. The van der Waals surface area contributed by atoms with E-state index in [1.54, 1.807) is 27.3 Å². The van der Waals surface area contributed by atoms with Gasteiger partial charge in [-0.15, -0.1) is 0 Å². The number of H-pyrrole nitrogens is 1. The van der Waals surface area contributed by atoms with Crippen molar-refractivity contribution < 1.29 is 4.74 Å². The second kappa shape index (κ2) is 28.5. The van der Waals surface area contributed by atoms with Crippen LogP contribution in [-0.2, 0) is 0 Å². The first-order chi connectivity index (χ1) is 26.3. The van der Waals surface area contributed by atoms with E-state index in [4.69, 9.17) is 4.74 Å². The number of rotatable bonds is 2. The molecule has 3 nitrogen and oxygen atoms in total.